The Morgan fingerprint density at radius 1 is 1.69 bits per heavy atom. The number of nitrogens with one attached hydrogen (secondary N) is 1. The first kappa shape index (κ1) is 12.1. The molecule has 1 aliphatic heterocycles. The third-order valence-electron chi connectivity index (χ3n) is 2.68. The normalized spacial score (nSPS) is 20.7. The minimum absolute atomic E-state index is 0.0335. The Kier molecular flexibility index (Phi) is 4.37. The maximum Gasteiger partial charge on any atom is 0.225 e. The molecule has 0 radical (unpaired) electrons. The van der Waals surface area contributed by atoms with E-state index in [1.807, 2.05) is 11.4 Å². The van der Waals surface area contributed by atoms with Crippen LogP contribution in [0.5, 0.6) is 0 Å². The molecule has 1 aliphatic rings. The first-order chi connectivity index (χ1) is 7.77. The van der Waals surface area contributed by atoms with E-state index in [1.54, 1.807) is 11.3 Å². The van der Waals surface area contributed by atoms with E-state index in [2.05, 4.69) is 21.2 Å². The van der Waals surface area contributed by atoms with Gasteiger partial charge in [-0.1, -0.05) is 0 Å². The monoisotopic (exact) mass is 303 g/mol. The lowest BCUT2D eigenvalue weighted by molar-refractivity contribution is -0.129. The Hall–Kier alpha value is -0.390. The molecule has 1 aromatic heterocycles. The van der Waals surface area contributed by atoms with Crippen LogP contribution in [0.2, 0.25) is 0 Å². The number of hydrogen-bond donors (Lipinski definition) is 1. The summed E-state index contributed by atoms with van der Waals surface area (Å²) in [5.41, 5.74) is 1.13. The maximum atomic E-state index is 11.8. The first-order valence-electron chi connectivity index (χ1n) is 5.34. The SMILES string of the molecule is O=C(NCc1ccsc1Br)[C@@H]1CCCOC1. The van der Waals surface area contributed by atoms with Crippen molar-refractivity contribution in [3.05, 3.63) is 20.8 Å². The summed E-state index contributed by atoms with van der Waals surface area (Å²) in [5.74, 6) is 0.143. The van der Waals surface area contributed by atoms with Crippen LogP contribution in [0.4, 0.5) is 0 Å². The van der Waals surface area contributed by atoms with Gasteiger partial charge in [0.25, 0.3) is 0 Å². The van der Waals surface area contributed by atoms with E-state index >= 15 is 0 Å². The van der Waals surface area contributed by atoms with E-state index in [0.717, 1.165) is 28.8 Å². The van der Waals surface area contributed by atoms with Crippen molar-refractivity contribution < 1.29 is 9.53 Å². The summed E-state index contributed by atoms with van der Waals surface area (Å²) < 4.78 is 6.39. The third kappa shape index (κ3) is 3.06. The van der Waals surface area contributed by atoms with Gasteiger partial charge in [-0.3, -0.25) is 4.79 Å². The summed E-state index contributed by atoms with van der Waals surface area (Å²) >= 11 is 5.09. The van der Waals surface area contributed by atoms with Crippen molar-refractivity contribution in [3.63, 3.8) is 0 Å². The Morgan fingerprint density at radius 3 is 3.19 bits per heavy atom. The fourth-order valence-electron chi connectivity index (χ4n) is 1.72. The van der Waals surface area contributed by atoms with Crippen LogP contribution in [0.1, 0.15) is 18.4 Å². The van der Waals surface area contributed by atoms with E-state index in [0.29, 0.717) is 13.2 Å². The summed E-state index contributed by atoms with van der Waals surface area (Å²) in [6.45, 7) is 1.95. The summed E-state index contributed by atoms with van der Waals surface area (Å²) in [6.07, 6.45) is 1.93. The molecule has 1 atom stereocenters. The highest BCUT2D eigenvalue weighted by atomic mass is 79.9. The molecule has 1 fully saturated rings. The zero-order valence-corrected chi connectivity index (χ0v) is 11.3. The van der Waals surface area contributed by atoms with Gasteiger partial charge >= 0.3 is 0 Å². The Balaban J connectivity index is 1.81. The number of rotatable bonds is 3. The number of thiophene rings is 1. The van der Waals surface area contributed by atoms with Crippen molar-refractivity contribution in [2.75, 3.05) is 13.2 Å². The topological polar surface area (TPSA) is 38.3 Å². The lowest BCUT2D eigenvalue weighted by Gasteiger charge is -2.21. The van der Waals surface area contributed by atoms with Crippen molar-refractivity contribution >= 4 is 33.2 Å². The first-order valence-corrected chi connectivity index (χ1v) is 7.02. The van der Waals surface area contributed by atoms with Gasteiger partial charge < -0.3 is 10.1 Å². The quantitative estimate of drug-likeness (QED) is 0.932. The summed E-state index contributed by atoms with van der Waals surface area (Å²) in [4.78, 5) is 11.8. The van der Waals surface area contributed by atoms with E-state index < -0.39 is 0 Å². The minimum Gasteiger partial charge on any atom is -0.381 e. The zero-order chi connectivity index (χ0) is 11.4. The molecule has 0 saturated carbocycles. The predicted molar refractivity (Wildman–Crippen MR) is 67.4 cm³/mol. The molecule has 0 spiro atoms. The van der Waals surface area contributed by atoms with Gasteiger partial charge in [-0.25, -0.2) is 0 Å². The molecule has 5 heteroatoms. The van der Waals surface area contributed by atoms with Gasteiger partial charge in [0.15, 0.2) is 0 Å². The Morgan fingerprint density at radius 2 is 2.56 bits per heavy atom. The molecule has 88 valence electrons. The summed E-state index contributed by atoms with van der Waals surface area (Å²) in [7, 11) is 0. The molecule has 0 aromatic carbocycles. The maximum absolute atomic E-state index is 11.8. The van der Waals surface area contributed by atoms with Gasteiger partial charge in [0.1, 0.15) is 0 Å². The number of carbonyl (C=O) groups is 1. The second kappa shape index (κ2) is 5.80. The highest BCUT2D eigenvalue weighted by Crippen LogP contribution is 2.23. The van der Waals surface area contributed by atoms with Gasteiger partial charge in [-0.15, -0.1) is 11.3 Å². The molecule has 1 saturated heterocycles. The standard InChI is InChI=1S/C11H14BrNO2S/c12-10-8(3-5-16-10)6-13-11(14)9-2-1-4-15-7-9/h3,5,9H,1-2,4,6-7H2,(H,13,14)/t9-/m1/s1. The molecule has 0 unspecified atom stereocenters. The molecule has 1 amide bonds. The highest BCUT2D eigenvalue weighted by molar-refractivity contribution is 9.11. The number of carbonyl (C=O) groups excluding carboxylic acids is 1. The van der Waals surface area contributed by atoms with Crippen LogP contribution in [-0.4, -0.2) is 19.1 Å². The zero-order valence-electron chi connectivity index (χ0n) is 8.87. The minimum atomic E-state index is 0.0335. The van der Waals surface area contributed by atoms with Crippen molar-refractivity contribution in [3.8, 4) is 0 Å². The van der Waals surface area contributed by atoms with Gasteiger partial charge in [-0.2, -0.15) is 0 Å². The van der Waals surface area contributed by atoms with Crippen LogP contribution < -0.4 is 5.32 Å². The average Bonchev–Trinajstić information content (AvgIpc) is 2.73. The van der Waals surface area contributed by atoms with Crippen LogP contribution in [0.25, 0.3) is 0 Å². The second-order valence-corrected chi connectivity index (χ2v) is 6.09. The fourth-order valence-corrected chi connectivity index (χ4v) is 2.96. The molecule has 2 heterocycles. The lowest BCUT2D eigenvalue weighted by atomic mass is 10.0. The number of amides is 1. The van der Waals surface area contributed by atoms with Crippen LogP contribution in [0, 0.1) is 5.92 Å². The van der Waals surface area contributed by atoms with Crippen LogP contribution in [-0.2, 0) is 16.1 Å². The van der Waals surface area contributed by atoms with Crippen LogP contribution in [0.15, 0.2) is 15.2 Å². The van der Waals surface area contributed by atoms with E-state index in [-0.39, 0.29) is 11.8 Å². The van der Waals surface area contributed by atoms with Crippen molar-refractivity contribution in [1.82, 2.24) is 5.32 Å². The average molecular weight is 304 g/mol. The van der Waals surface area contributed by atoms with Gasteiger partial charge in [0.05, 0.1) is 16.3 Å². The summed E-state index contributed by atoms with van der Waals surface area (Å²) in [6, 6.07) is 2.02. The smallest absolute Gasteiger partial charge is 0.225 e. The van der Waals surface area contributed by atoms with E-state index in [4.69, 9.17) is 4.74 Å². The number of ether oxygens (including phenoxy) is 1. The van der Waals surface area contributed by atoms with Gasteiger partial charge in [0, 0.05) is 13.2 Å². The molecule has 1 aromatic rings. The number of hydrogen-bond acceptors (Lipinski definition) is 3. The van der Waals surface area contributed by atoms with E-state index in [1.165, 1.54) is 0 Å². The molecule has 2 rings (SSSR count). The van der Waals surface area contributed by atoms with Crippen molar-refractivity contribution in [1.29, 1.82) is 0 Å². The summed E-state index contributed by atoms with van der Waals surface area (Å²) in [5, 5.41) is 4.96. The molecule has 0 aliphatic carbocycles. The van der Waals surface area contributed by atoms with E-state index in [9.17, 15) is 4.79 Å². The second-order valence-electron chi connectivity index (χ2n) is 3.85. The molecule has 1 N–H and O–H groups in total. The van der Waals surface area contributed by atoms with Crippen LogP contribution >= 0.6 is 27.3 Å². The highest BCUT2D eigenvalue weighted by Gasteiger charge is 2.21. The van der Waals surface area contributed by atoms with Crippen molar-refractivity contribution in [2.45, 2.75) is 19.4 Å². The number of halogens is 1. The lowest BCUT2D eigenvalue weighted by Crippen LogP contribution is -2.35. The molecule has 16 heavy (non-hydrogen) atoms. The molecular weight excluding hydrogens is 290 g/mol. The third-order valence-corrected chi connectivity index (χ3v) is 4.49. The van der Waals surface area contributed by atoms with Gasteiger partial charge in [-0.05, 0) is 45.8 Å². The van der Waals surface area contributed by atoms with Crippen molar-refractivity contribution in [2.24, 2.45) is 5.92 Å². The molecule has 0 bridgehead atoms. The Bertz CT molecular complexity index is 361. The van der Waals surface area contributed by atoms with Gasteiger partial charge in [0.2, 0.25) is 5.91 Å². The largest absolute Gasteiger partial charge is 0.381 e. The molecular formula is C11H14BrNO2S. The fraction of sp³-hybridized carbons (Fsp3) is 0.545. The predicted octanol–water partition coefficient (Wildman–Crippen LogP) is 2.55. The van der Waals surface area contributed by atoms with Crippen LogP contribution in [0.3, 0.4) is 0 Å². The Labute approximate surface area is 107 Å². The molecule has 3 nitrogen and oxygen atoms in total.